The normalized spacial score (nSPS) is 21.8. The fourth-order valence-electron chi connectivity index (χ4n) is 5.92. The topological polar surface area (TPSA) is 86.1 Å². The molecular weight excluding hydrogens is 561 g/mol. The van der Waals surface area contributed by atoms with E-state index < -0.39 is 17.6 Å². The molecule has 4 heterocycles. The highest BCUT2D eigenvalue weighted by Crippen LogP contribution is 2.49. The van der Waals surface area contributed by atoms with Gasteiger partial charge in [0, 0.05) is 37.2 Å². The van der Waals surface area contributed by atoms with E-state index in [0.717, 1.165) is 48.5 Å². The number of carboxylic acid groups (broad SMARTS) is 1. The number of nitrogens with zero attached hydrogens (tertiary/aromatic N) is 3. The second-order valence-electron chi connectivity index (χ2n) is 11.1. The molecule has 10 heteroatoms. The fourth-order valence-corrected chi connectivity index (χ4v) is 6.07. The van der Waals surface area contributed by atoms with Crippen LogP contribution in [0.25, 0.3) is 16.6 Å². The van der Waals surface area contributed by atoms with Crippen LogP contribution in [0.1, 0.15) is 47.1 Å². The van der Waals surface area contributed by atoms with Gasteiger partial charge in [-0.15, -0.1) is 0 Å². The summed E-state index contributed by atoms with van der Waals surface area (Å²) in [6.07, 6.45) is 4.11. The van der Waals surface area contributed by atoms with E-state index in [1.54, 1.807) is 31.2 Å². The van der Waals surface area contributed by atoms with Crippen LogP contribution < -0.4 is 9.47 Å². The smallest absolute Gasteiger partial charge is 0.335 e. The van der Waals surface area contributed by atoms with E-state index in [-0.39, 0.29) is 17.2 Å². The van der Waals surface area contributed by atoms with Crippen LogP contribution in [-0.2, 0) is 23.6 Å². The Morgan fingerprint density at radius 2 is 2.05 bits per heavy atom. The number of para-hydroxylation sites is 1. The quantitative estimate of drug-likeness (QED) is 0.273. The van der Waals surface area contributed by atoms with Gasteiger partial charge in [-0.25, -0.2) is 14.2 Å². The highest BCUT2D eigenvalue weighted by Gasteiger charge is 2.42. The lowest BCUT2D eigenvalue weighted by atomic mass is 9.98. The van der Waals surface area contributed by atoms with Crippen LogP contribution in [0.2, 0.25) is 5.02 Å². The molecule has 8 nitrogen and oxygen atoms in total. The van der Waals surface area contributed by atoms with E-state index in [0.29, 0.717) is 41.7 Å². The molecule has 0 amide bonds. The SMILES string of the molecule is CC1(c2ccc(Cl)cc2F)Oc2cccc(C3=CCN(Cc4nc5cc(C(=O)O)ccc5n4C[C@@H]4CCO4)CC3)c2O1. The summed E-state index contributed by atoms with van der Waals surface area (Å²) >= 11 is 5.96. The van der Waals surface area contributed by atoms with Crippen molar-refractivity contribution in [2.45, 2.75) is 44.7 Å². The summed E-state index contributed by atoms with van der Waals surface area (Å²) in [5.41, 5.74) is 4.16. The number of hydrogen-bond acceptors (Lipinski definition) is 6. The molecule has 42 heavy (non-hydrogen) atoms. The van der Waals surface area contributed by atoms with Crippen LogP contribution in [0.15, 0.2) is 60.7 Å². The minimum Gasteiger partial charge on any atom is -0.478 e. The van der Waals surface area contributed by atoms with Gasteiger partial charge in [0.05, 0.1) is 41.4 Å². The van der Waals surface area contributed by atoms with Gasteiger partial charge < -0.3 is 23.9 Å². The van der Waals surface area contributed by atoms with Gasteiger partial charge in [-0.05, 0) is 60.9 Å². The van der Waals surface area contributed by atoms with Crippen molar-refractivity contribution in [2.75, 3.05) is 19.7 Å². The molecule has 1 unspecified atom stereocenters. The van der Waals surface area contributed by atoms with Gasteiger partial charge in [0.25, 0.3) is 5.79 Å². The number of fused-ring (bicyclic) bond motifs is 2. The first-order chi connectivity index (χ1) is 20.3. The number of imidazole rings is 1. The first kappa shape index (κ1) is 26.9. The number of hydrogen-bond donors (Lipinski definition) is 1. The number of halogens is 2. The molecular formula is C32H29ClFN3O5. The zero-order valence-corrected chi connectivity index (χ0v) is 23.7. The summed E-state index contributed by atoms with van der Waals surface area (Å²) in [4.78, 5) is 18.7. The van der Waals surface area contributed by atoms with Crippen molar-refractivity contribution in [3.05, 3.63) is 94.0 Å². The lowest BCUT2D eigenvalue weighted by Gasteiger charge is -2.29. The van der Waals surface area contributed by atoms with Crippen molar-refractivity contribution in [1.29, 1.82) is 0 Å². The summed E-state index contributed by atoms with van der Waals surface area (Å²) in [6, 6.07) is 15.3. The van der Waals surface area contributed by atoms with Gasteiger partial charge in [0.15, 0.2) is 11.5 Å². The summed E-state index contributed by atoms with van der Waals surface area (Å²) < 4.78 is 35.1. The van der Waals surface area contributed by atoms with Gasteiger partial charge in [-0.1, -0.05) is 29.8 Å². The van der Waals surface area contributed by atoms with Crippen LogP contribution in [0, 0.1) is 5.82 Å². The number of rotatable bonds is 7. The zero-order chi connectivity index (χ0) is 29.0. The number of carbonyl (C=O) groups is 1. The first-order valence-corrected chi connectivity index (χ1v) is 14.4. The lowest BCUT2D eigenvalue weighted by Crippen LogP contribution is -2.33. The third-order valence-corrected chi connectivity index (χ3v) is 8.49. The number of aromatic nitrogens is 2. The minimum atomic E-state index is -1.31. The maximum absolute atomic E-state index is 14.8. The van der Waals surface area contributed by atoms with Crippen molar-refractivity contribution in [3.63, 3.8) is 0 Å². The Balaban J connectivity index is 1.12. The highest BCUT2D eigenvalue weighted by atomic mass is 35.5. The van der Waals surface area contributed by atoms with Gasteiger partial charge in [-0.2, -0.15) is 0 Å². The van der Waals surface area contributed by atoms with Crippen LogP contribution >= 0.6 is 11.6 Å². The monoisotopic (exact) mass is 589 g/mol. The molecule has 2 atom stereocenters. The van der Waals surface area contributed by atoms with E-state index >= 15 is 0 Å². The van der Waals surface area contributed by atoms with Gasteiger partial charge in [0.1, 0.15) is 11.6 Å². The van der Waals surface area contributed by atoms with Crippen LogP contribution in [0.3, 0.4) is 0 Å². The Morgan fingerprint density at radius 3 is 2.76 bits per heavy atom. The van der Waals surface area contributed by atoms with Crippen molar-refractivity contribution in [2.24, 2.45) is 0 Å². The lowest BCUT2D eigenvalue weighted by molar-refractivity contribution is -0.0708. The Hall–Kier alpha value is -3.92. The Bertz CT molecular complexity index is 1750. The molecule has 1 aromatic heterocycles. The van der Waals surface area contributed by atoms with Crippen LogP contribution in [0.4, 0.5) is 4.39 Å². The van der Waals surface area contributed by atoms with E-state index in [1.165, 1.54) is 6.07 Å². The number of ether oxygens (including phenoxy) is 3. The second kappa shape index (κ2) is 10.4. The molecule has 4 aromatic rings. The van der Waals surface area contributed by atoms with E-state index in [4.69, 9.17) is 30.8 Å². The molecule has 3 aromatic carbocycles. The molecule has 3 aliphatic heterocycles. The summed E-state index contributed by atoms with van der Waals surface area (Å²) in [6.45, 7) is 5.28. The molecule has 1 N–H and O–H groups in total. The molecule has 0 saturated carbocycles. The summed E-state index contributed by atoms with van der Waals surface area (Å²) in [5.74, 6) is -0.702. The average Bonchev–Trinajstić information content (AvgIpc) is 3.47. The van der Waals surface area contributed by atoms with E-state index in [1.807, 2.05) is 24.3 Å². The van der Waals surface area contributed by atoms with Gasteiger partial charge >= 0.3 is 5.97 Å². The Kier molecular flexibility index (Phi) is 6.68. The third-order valence-electron chi connectivity index (χ3n) is 8.26. The maximum atomic E-state index is 14.8. The molecule has 0 radical (unpaired) electrons. The predicted octanol–water partition coefficient (Wildman–Crippen LogP) is 6.25. The summed E-state index contributed by atoms with van der Waals surface area (Å²) in [7, 11) is 0. The second-order valence-corrected chi connectivity index (χ2v) is 11.5. The molecule has 3 aliphatic rings. The Labute approximate surface area is 246 Å². The van der Waals surface area contributed by atoms with Crippen molar-refractivity contribution in [1.82, 2.24) is 14.5 Å². The van der Waals surface area contributed by atoms with Crippen LogP contribution in [0.5, 0.6) is 11.5 Å². The molecule has 0 aliphatic carbocycles. The maximum Gasteiger partial charge on any atom is 0.335 e. The average molecular weight is 590 g/mol. The van der Waals surface area contributed by atoms with E-state index in [2.05, 4.69) is 15.5 Å². The Morgan fingerprint density at radius 1 is 1.19 bits per heavy atom. The van der Waals surface area contributed by atoms with Crippen LogP contribution in [-0.4, -0.2) is 51.3 Å². The van der Waals surface area contributed by atoms with Gasteiger partial charge in [-0.3, -0.25) is 4.90 Å². The molecule has 1 fully saturated rings. The largest absolute Gasteiger partial charge is 0.478 e. The fraction of sp³-hybridized carbons (Fsp3) is 0.312. The first-order valence-electron chi connectivity index (χ1n) is 14.0. The molecule has 7 rings (SSSR count). The van der Waals surface area contributed by atoms with E-state index in [9.17, 15) is 14.3 Å². The molecule has 0 spiro atoms. The van der Waals surface area contributed by atoms with Crippen molar-refractivity contribution < 1.29 is 28.5 Å². The predicted molar refractivity (Wildman–Crippen MR) is 155 cm³/mol. The summed E-state index contributed by atoms with van der Waals surface area (Å²) in [5, 5.41) is 9.76. The standard InChI is InChI=1S/C32H29ClFN3O5/c1-32(24-7-6-21(33)16-25(24)34)41-28-4-2-3-23(30(28)42-32)19-9-12-36(13-10-19)18-29-35-26-15-20(31(38)39)5-8-27(26)37(29)17-22-11-14-40-22/h2-9,15-16,22H,10-14,17-18H2,1H3,(H,38,39)/t22-,32?/m0/s1. The zero-order valence-electron chi connectivity index (χ0n) is 23.0. The third kappa shape index (κ3) is 4.81. The number of aromatic carboxylic acids is 1. The number of benzene rings is 3. The molecule has 216 valence electrons. The molecule has 1 saturated heterocycles. The molecule has 0 bridgehead atoms. The van der Waals surface area contributed by atoms with Crippen molar-refractivity contribution >= 4 is 34.2 Å². The highest BCUT2D eigenvalue weighted by molar-refractivity contribution is 6.30. The van der Waals surface area contributed by atoms with Crippen molar-refractivity contribution in [3.8, 4) is 11.5 Å². The minimum absolute atomic E-state index is 0.141. The van der Waals surface area contributed by atoms with Gasteiger partial charge in [0.2, 0.25) is 0 Å². The number of carboxylic acids is 1.